The SMILES string of the molecule is COC(=O)[C@]1(O)CCCCC/C=C/[C@H](O)[C@@H]2CC[C@H]2CN2C[C@@]3(CCCc4cc(Cl)ccc43)COc3ccc1cc32. The minimum Gasteiger partial charge on any atom is -0.490 e. The summed E-state index contributed by atoms with van der Waals surface area (Å²) in [7, 11) is 1.33. The smallest absolute Gasteiger partial charge is 0.342 e. The highest BCUT2D eigenvalue weighted by Gasteiger charge is 2.45. The summed E-state index contributed by atoms with van der Waals surface area (Å²) in [6, 6.07) is 11.9. The molecule has 0 unspecified atom stereocenters. The fourth-order valence-electron chi connectivity index (χ4n) is 7.66. The lowest BCUT2D eigenvalue weighted by Gasteiger charge is -2.45. The second-order valence-electron chi connectivity index (χ2n) is 12.7. The number of methoxy groups -OCH3 is 1. The van der Waals surface area contributed by atoms with Crippen LogP contribution in [0.1, 0.15) is 74.5 Å². The molecule has 220 valence electrons. The molecular weight excluding hydrogens is 538 g/mol. The minimum absolute atomic E-state index is 0.214. The van der Waals surface area contributed by atoms with Crippen LogP contribution in [-0.2, 0) is 27.0 Å². The van der Waals surface area contributed by atoms with Gasteiger partial charge in [0, 0.05) is 23.5 Å². The maximum absolute atomic E-state index is 13.0. The lowest BCUT2D eigenvalue weighted by Crippen LogP contribution is -2.49. The summed E-state index contributed by atoms with van der Waals surface area (Å²) in [5.41, 5.74) is 2.08. The molecule has 2 aliphatic heterocycles. The van der Waals surface area contributed by atoms with E-state index in [1.807, 2.05) is 30.3 Å². The van der Waals surface area contributed by atoms with Gasteiger partial charge in [-0.15, -0.1) is 0 Å². The number of ether oxygens (including phenoxy) is 2. The van der Waals surface area contributed by atoms with Gasteiger partial charge in [0.1, 0.15) is 5.75 Å². The van der Waals surface area contributed by atoms with Gasteiger partial charge in [0.25, 0.3) is 0 Å². The zero-order chi connectivity index (χ0) is 28.6. The van der Waals surface area contributed by atoms with E-state index in [1.165, 1.54) is 18.2 Å². The molecule has 0 amide bonds. The van der Waals surface area contributed by atoms with Gasteiger partial charge < -0.3 is 24.6 Å². The summed E-state index contributed by atoms with van der Waals surface area (Å²) >= 11 is 6.41. The van der Waals surface area contributed by atoms with Crippen molar-refractivity contribution in [2.45, 2.75) is 81.3 Å². The van der Waals surface area contributed by atoms with Gasteiger partial charge >= 0.3 is 5.97 Å². The second kappa shape index (κ2) is 11.6. The van der Waals surface area contributed by atoms with Crippen molar-refractivity contribution in [3.63, 3.8) is 0 Å². The molecule has 2 aliphatic carbocycles. The first-order chi connectivity index (χ1) is 19.8. The van der Waals surface area contributed by atoms with E-state index in [-0.39, 0.29) is 17.8 Å². The number of carbonyl (C=O) groups excluding carboxylic acids is 1. The van der Waals surface area contributed by atoms with Crippen LogP contribution in [0.15, 0.2) is 48.6 Å². The number of halogens is 1. The molecule has 6 nitrogen and oxygen atoms in total. The van der Waals surface area contributed by atoms with Gasteiger partial charge in [-0.1, -0.05) is 42.3 Å². The number of nitrogens with zero attached hydrogens (tertiary/aromatic N) is 1. The zero-order valence-corrected chi connectivity index (χ0v) is 24.7. The largest absolute Gasteiger partial charge is 0.490 e. The van der Waals surface area contributed by atoms with Gasteiger partial charge in [-0.2, -0.15) is 0 Å². The highest BCUT2D eigenvalue weighted by Crippen LogP contribution is 2.47. The van der Waals surface area contributed by atoms with E-state index in [1.54, 1.807) is 0 Å². The third-order valence-electron chi connectivity index (χ3n) is 10.2. The maximum Gasteiger partial charge on any atom is 0.342 e. The molecular formula is C34H42ClNO5. The summed E-state index contributed by atoms with van der Waals surface area (Å²) in [5, 5.41) is 23.6. The van der Waals surface area contributed by atoms with E-state index in [9.17, 15) is 15.0 Å². The normalized spacial score (nSPS) is 32.5. The van der Waals surface area contributed by atoms with Crippen molar-refractivity contribution in [3.8, 4) is 5.75 Å². The summed E-state index contributed by atoms with van der Waals surface area (Å²) in [6.45, 7) is 2.08. The summed E-state index contributed by atoms with van der Waals surface area (Å²) in [4.78, 5) is 15.4. The Balaban J connectivity index is 1.44. The lowest BCUT2D eigenvalue weighted by molar-refractivity contribution is -0.164. The molecule has 0 saturated heterocycles. The molecule has 1 spiro atoms. The summed E-state index contributed by atoms with van der Waals surface area (Å²) in [5.74, 6) is 0.685. The number of rotatable bonds is 1. The molecule has 2 bridgehead atoms. The number of benzene rings is 2. The number of aliphatic hydroxyl groups excluding tert-OH is 1. The van der Waals surface area contributed by atoms with Crippen LogP contribution in [0.25, 0.3) is 0 Å². The number of hydrogen-bond acceptors (Lipinski definition) is 6. The predicted molar refractivity (Wildman–Crippen MR) is 161 cm³/mol. The molecule has 2 aromatic carbocycles. The van der Waals surface area contributed by atoms with E-state index in [0.717, 1.165) is 80.9 Å². The van der Waals surface area contributed by atoms with Crippen molar-refractivity contribution < 1.29 is 24.5 Å². The van der Waals surface area contributed by atoms with Gasteiger partial charge in [0.05, 0.1) is 25.5 Å². The zero-order valence-electron chi connectivity index (χ0n) is 24.0. The fourth-order valence-corrected chi connectivity index (χ4v) is 7.85. The standard InChI is InChI=1S/C34H42ClNO5/c1-40-32(38)34(39)17-6-4-2-3-5-9-30(37)27-13-10-24(27)20-36-21-33(22-41-31-15-11-25(34)19-29(31)36)16-7-8-23-18-26(35)12-14-28(23)33/h5,9,11-12,14-15,18-19,24,27,30,37,39H,2-4,6-8,10,13,16-17,20-22H2,1H3/b9-5+/t24-,27+,30-,33-,34-/m0/s1. The monoisotopic (exact) mass is 579 g/mol. The number of carbonyl (C=O) groups is 1. The Morgan fingerprint density at radius 3 is 2.78 bits per heavy atom. The molecule has 2 heterocycles. The molecule has 41 heavy (non-hydrogen) atoms. The number of anilines is 1. The number of aliphatic hydroxyl groups is 2. The molecule has 7 heteroatoms. The Morgan fingerprint density at radius 2 is 1.98 bits per heavy atom. The molecule has 2 N–H and O–H groups in total. The third-order valence-corrected chi connectivity index (χ3v) is 10.4. The summed E-state index contributed by atoms with van der Waals surface area (Å²) < 4.78 is 11.7. The number of esters is 1. The predicted octanol–water partition coefficient (Wildman–Crippen LogP) is 6.08. The molecule has 1 saturated carbocycles. The Hall–Kier alpha value is -2.54. The van der Waals surface area contributed by atoms with Crippen molar-refractivity contribution >= 4 is 23.3 Å². The first kappa shape index (κ1) is 28.6. The quantitative estimate of drug-likeness (QED) is 0.315. The van der Waals surface area contributed by atoms with Gasteiger partial charge in [0.15, 0.2) is 5.60 Å². The van der Waals surface area contributed by atoms with Gasteiger partial charge in [-0.25, -0.2) is 4.79 Å². The fraction of sp³-hybridized carbons (Fsp3) is 0.559. The van der Waals surface area contributed by atoms with Crippen molar-refractivity contribution in [1.29, 1.82) is 0 Å². The Kier molecular flexibility index (Phi) is 8.10. The third kappa shape index (κ3) is 5.39. The van der Waals surface area contributed by atoms with E-state index in [0.29, 0.717) is 24.5 Å². The van der Waals surface area contributed by atoms with Crippen LogP contribution in [-0.4, -0.2) is 49.1 Å². The second-order valence-corrected chi connectivity index (χ2v) is 13.1. The molecule has 6 rings (SSSR count). The van der Waals surface area contributed by atoms with Crippen LogP contribution in [0, 0.1) is 11.8 Å². The van der Waals surface area contributed by atoms with Crippen LogP contribution >= 0.6 is 11.6 Å². The van der Waals surface area contributed by atoms with Crippen LogP contribution in [0.3, 0.4) is 0 Å². The van der Waals surface area contributed by atoms with E-state index in [4.69, 9.17) is 21.1 Å². The lowest BCUT2D eigenvalue weighted by atomic mass is 9.68. The number of allylic oxidation sites excluding steroid dienone is 1. The molecule has 1 fully saturated rings. The highest BCUT2D eigenvalue weighted by atomic mass is 35.5. The van der Waals surface area contributed by atoms with E-state index in [2.05, 4.69) is 23.1 Å². The van der Waals surface area contributed by atoms with E-state index < -0.39 is 17.7 Å². The van der Waals surface area contributed by atoms with Crippen LogP contribution < -0.4 is 9.64 Å². The Morgan fingerprint density at radius 1 is 1.10 bits per heavy atom. The number of hydrogen-bond donors (Lipinski definition) is 2. The van der Waals surface area contributed by atoms with Gasteiger partial charge in [0.2, 0.25) is 0 Å². The molecule has 0 radical (unpaired) electrons. The van der Waals surface area contributed by atoms with E-state index >= 15 is 0 Å². The van der Waals surface area contributed by atoms with Crippen LogP contribution in [0.5, 0.6) is 5.75 Å². The van der Waals surface area contributed by atoms with Gasteiger partial charge in [-0.3, -0.25) is 0 Å². The average Bonchev–Trinajstić information content (AvgIpc) is 3.10. The minimum atomic E-state index is -1.73. The first-order valence-electron chi connectivity index (χ1n) is 15.3. The molecule has 4 aliphatic rings. The highest BCUT2D eigenvalue weighted by molar-refractivity contribution is 6.30. The van der Waals surface area contributed by atoms with Crippen molar-refractivity contribution in [2.75, 3.05) is 31.7 Å². The topological polar surface area (TPSA) is 79.2 Å². The van der Waals surface area contributed by atoms with Crippen molar-refractivity contribution in [3.05, 3.63) is 70.3 Å². The van der Waals surface area contributed by atoms with Crippen molar-refractivity contribution in [1.82, 2.24) is 0 Å². The Labute approximate surface area is 248 Å². The maximum atomic E-state index is 13.0. The Bertz CT molecular complexity index is 1310. The van der Waals surface area contributed by atoms with Crippen LogP contribution in [0.4, 0.5) is 5.69 Å². The number of aryl methyl sites for hydroxylation is 1. The average molecular weight is 580 g/mol. The molecule has 0 aromatic heterocycles. The molecule has 5 atom stereocenters. The van der Waals surface area contributed by atoms with Gasteiger partial charge in [-0.05, 0) is 111 Å². The summed E-state index contributed by atoms with van der Waals surface area (Å²) in [6.07, 6.45) is 12.4. The van der Waals surface area contributed by atoms with Crippen LogP contribution in [0.2, 0.25) is 5.02 Å². The first-order valence-corrected chi connectivity index (χ1v) is 15.7. The molecule has 2 aromatic rings. The number of fused-ring (bicyclic) bond motifs is 4. The van der Waals surface area contributed by atoms with Crippen molar-refractivity contribution in [2.24, 2.45) is 11.8 Å².